The van der Waals surface area contributed by atoms with Crippen LogP contribution in [0.1, 0.15) is 6.42 Å². The Morgan fingerprint density at radius 2 is 2.05 bits per heavy atom. The van der Waals surface area contributed by atoms with Crippen LogP contribution in [0.4, 0.5) is 5.69 Å². The molecule has 0 bridgehead atoms. The maximum atomic E-state index is 5.70. The summed E-state index contributed by atoms with van der Waals surface area (Å²) in [6.45, 7) is 1.56. The van der Waals surface area contributed by atoms with E-state index in [1.807, 2.05) is 42.7 Å². The van der Waals surface area contributed by atoms with Crippen molar-refractivity contribution in [1.82, 2.24) is 9.55 Å². The van der Waals surface area contributed by atoms with E-state index in [0.717, 1.165) is 30.2 Å². The summed E-state index contributed by atoms with van der Waals surface area (Å²) in [5.41, 5.74) is 6.40. The number of aryl methyl sites for hydroxylation is 1. The van der Waals surface area contributed by atoms with Gasteiger partial charge in [0.2, 0.25) is 0 Å². The van der Waals surface area contributed by atoms with E-state index >= 15 is 0 Å². The maximum absolute atomic E-state index is 5.70. The molecule has 0 aliphatic carbocycles. The van der Waals surface area contributed by atoms with Crippen LogP contribution in [-0.2, 0) is 6.54 Å². The molecule has 0 saturated carbocycles. The van der Waals surface area contributed by atoms with Crippen LogP contribution >= 0.6 is 11.3 Å². The van der Waals surface area contributed by atoms with Crippen LogP contribution in [0.5, 0.6) is 5.75 Å². The number of nitrogens with zero attached hydrogens (tertiary/aromatic N) is 2. The molecule has 0 atom stereocenters. The number of hydrogen-bond acceptors (Lipinski definition) is 4. The minimum absolute atomic E-state index is 0.673. The van der Waals surface area contributed by atoms with Crippen molar-refractivity contribution in [3.8, 4) is 16.5 Å². The van der Waals surface area contributed by atoms with Crippen molar-refractivity contribution in [1.29, 1.82) is 0 Å². The third-order valence-electron chi connectivity index (χ3n) is 3.15. The van der Waals surface area contributed by atoms with E-state index in [4.69, 9.17) is 10.5 Å². The number of thiophene rings is 1. The number of anilines is 1. The first-order chi connectivity index (χ1) is 10.3. The van der Waals surface area contributed by atoms with Gasteiger partial charge in [0.05, 0.1) is 11.5 Å². The number of benzene rings is 1. The van der Waals surface area contributed by atoms with Crippen molar-refractivity contribution < 1.29 is 4.74 Å². The Morgan fingerprint density at radius 3 is 2.81 bits per heavy atom. The average Bonchev–Trinajstić information content (AvgIpc) is 3.16. The van der Waals surface area contributed by atoms with Gasteiger partial charge in [0, 0.05) is 24.6 Å². The predicted octanol–water partition coefficient (Wildman–Crippen LogP) is 3.66. The molecule has 5 heteroatoms. The monoisotopic (exact) mass is 299 g/mol. The molecule has 0 fully saturated rings. The molecule has 0 radical (unpaired) electrons. The van der Waals surface area contributed by atoms with Crippen molar-refractivity contribution in [2.75, 3.05) is 12.3 Å². The molecule has 1 aromatic carbocycles. The minimum Gasteiger partial charge on any atom is -0.494 e. The molecule has 0 aliphatic heterocycles. The number of imidazole rings is 1. The van der Waals surface area contributed by atoms with Crippen molar-refractivity contribution in [2.24, 2.45) is 0 Å². The van der Waals surface area contributed by atoms with Crippen LogP contribution in [0.3, 0.4) is 0 Å². The zero-order valence-corrected chi connectivity index (χ0v) is 12.4. The molecule has 2 N–H and O–H groups in total. The van der Waals surface area contributed by atoms with Gasteiger partial charge in [-0.15, -0.1) is 11.3 Å². The standard InChI is InChI=1S/C16H17N3OS/c17-13-4-6-14(7-5-13)20-11-2-9-19-10-8-18-16(19)15-3-1-12-21-15/h1,3-8,10,12H,2,9,11,17H2. The topological polar surface area (TPSA) is 53.1 Å². The maximum Gasteiger partial charge on any atom is 0.149 e. The molecule has 108 valence electrons. The Kier molecular flexibility index (Phi) is 4.21. The average molecular weight is 299 g/mol. The summed E-state index contributed by atoms with van der Waals surface area (Å²) in [5, 5.41) is 2.07. The summed E-state index contributed by atoms with van der Waals surface area (Å²) < 4.78 is 7.87. The number of rotatable bonds is 6. The van der Waals surface area contributed by atoms with E-state index < -0.39 is 0 Å². The smallest absolute Gasteiger partial charge is 0.149 e. The van der Waals surface area contributed by atoms with Crippen LogP contribution in [0.25, 0.3) is 10.7 Å². The molecule has 0 spiro atoms. The second-order valence-corrected chi connectivity index (χ2v) is 5.64. The molecule has 0 amide bonds. The van der Waals surface area contributed by atoms with Gasteiger partial charge in [0.25, 0.3) is 0 Å². The van der Waals surface area contributed by atoms with Gasteiger partial charge in [-0.3, -0.25) is 0 Å². The largest absolute Gasteiger partial charge is 0.494 e. The number of hydrogen-bond donors (Lipinski definition) is 1. The molecule has 3 aromatic rings. The third kappa shape index (κ3) is 3.44. The van der Waals surface area contributed by atoms with Crippen molar-refractivity contribution >= 4 is 17.0 Å². The van der Waals surface area contributed by atoms with Crippen LogP contribution in [-0.4, -0.2) is 16.2 Å². The van der Waals surface area contributed by atoms with Crippen molar-refractivity contribution in [2.45, 2.75) is 13.0 Å². The van der Waals surface area contributed by atoms with Gasteiger partial charge < -0.3 is 15.0 Å². The van der Waals surface area contributed by atoms with Crippen LogP contribution in [0.2, 0.25) is 0 Å². The van der Waals surface area contributed by atoms with E-state index in [-0.39, 0.29) is 0 Å². The number of nitrogen functional groups attached to an aromatic ring is 1. The molecule has 2 aromatic heterocycles. The highest BCUT2D eigenvalue weighted by molar-refractivity contribution is 7.13. The van der Waals surface area contributed by atoms with Gasteiger partial charge in [0.1, 0.15) is 11.6 Å². The summed E-state index contributed by atoms with van der Waals surface area (Å²) in [6, 6.07) is 11.6. The molecule has 4 nitrogen and oxygen atoms in total. The third-order valence-corrected chi connectivity index (χ3v) is 4.02. The summed E-state index contributed by atoms with van der Waals surface area (Å²) in [6.07, 6.45) is 4.78. The Hall–Kier alpha value is -2.27. The Morgan fingerprint density at radius 1 is 1.19 bits per heavy atom. The first kappa shape index (κ1) is 13.7. The fraction of sp³-hybridized carbons (Fsp3) is 0.188. The summed E-state index contributed by atoms with van der Waals surface area (Å²) in [5.74, 6) is 1.88. The molecule has 3 rings (SSSR count). The van der Waals surface area contributed by atoms with Crippen molar-refractivity contribution in [3.63, 3.8) is 0 Å². The molecule has 0 aliphatic rings. The lowest BCUT2D eigenvalue weighted by Crippen LogP contribution is -2.05. The SMILES string of the molecule is Nc1ccc(OCCCn2ccnc2-c2cccs2)cc1. The summed E-state index contributed by atoms with van der Waals surface area (Å²) in [7, 11) is 0. The zero-order chi connectivity index (χ0) is 14.5. The molecular weight excluding hydrogens is 282 g/mol. The lowest BCUT2D eigenvalue weighted by atomic mass is 10.3. The highest BCUT2D eigenvalue weighted by Gasteiger charge is 2.06. The van der Waals surface area contributed by atoms with Gasteiger partial charge in [0.15, 0.2) is 0 Å². The second-order valence-electron chi connectivity index (χ2n) is 4.69. The summed E-state index contributed by atoms with van der Waals surface area (Å²) >= 11 is 1.71. The number of nitrogens with two attached hydrogens (primary N) is 1. The second kappa shape index (κ2) is 6.45. The van der Waals surface area contributed by atoms with Gasteiger partial charge >= 0.3 is 0 Å². The fourth-order valence-electron chi connectivity index (χ4n) is 2.11. The molecule has 0 unspecified atom stereocenters. The van der Waals surface area contributed by atoms with E-state index in [1.165, 1.54) is 4.88 Å². The fourth-order valence-corrected chi connectivity index (χ4v) is 2.85. The van der Waals surface area contributed by atoms with Gasteiger partial charge in [-0.1, -0.05) is 6.07 Å². The van der Waals surface area contributed by atoms with E-state index in [0.29, 0.717) is 6.61 Å². The molecular formula is C16H17N3OS. The lowest BCUT2D eigenvalue weighted by molar-refractivity contribution is 0.302. The van der Waals surface area contributed by atoms with Crippen molar-refractivity contribution in [3.05, 3.63) is 54.2 Å². The van der Waals surface area contributed by atoms with E-state index in [9.17, 15) is 0 Å². The van der Waals surface area contributed by atoms with E-state index in [1.54, 1.807) is 11.3 Å². The molecule has 0 saturated heterocycles. The quantitative estimate of drug-likeness (QED) is 0.558. The van der Waals surface area contributed by atoms with Crippen LogP contribution < -0.4 is 10.5 Å². The normalized spacial score (nSPS) is 10.7. The molecule has 2 heterocycles. The van der Waals surface area contributed by atoms with Gasteiger partial charge in [-0.05, 0) is 42.1 Å². The van der Waals surface area contributed by atoms with E-state index in [2.05, 4.69) is 21.0 Å². The Balaban J connectivity index is 1.52. The summed E-state index contributed by atoms with van der Waals surface area (Å²) in [4.78, 5) is 5.62. The number of ether oxygens (including phenoxy) is 1. The first-order valence-electron chi connectivity index (χ1n) is 6.86. The predicted molar refractivity (Wildman–Crippen MR) is 86.5 cm³/mol. The highest BCUT2D eigenvalue weighted by Crippen LogP contribution is 2.23. The van der Waals surface area contributed by atoms with Gasteiger partial charge in [-0.25, -0.2) is 4.98 Å². The highest BCUT2D eigenvalue weighted by atomic mass is 32.1. The number of aromatic nitrogens is 2. The minimum atomic E-state index is 0.673. The molecule has 21 heavy (non-hydrogen) atoms. The van der Waals surface area contributed by atoms with Gasteiger partial charge in [-0.2, -0.15) is 0 Å². The Labute approximate surface area is 127 Å². The zero-order valence-electron chi connectivity index (χ0n) is 11.6. The first-order valence-corrected chi connectivity index (χ1v) is 7.74. The Bertz CT molecular complexity index is 674. The van der Waals surface area contributed by atoms with Crippen LogP contribution in [0.15, 0.2) is 54.2 Å². The van der Waals surface area contributed by atoms with Crippen LogP contribution in [0, 0.1) is 0 Å². The lowest BCUT2D eigenvalue weighted by Gasteiger charge is -2.08.